The Labute approximate surface area is 90.5 Å². The number of aliphatic hydroxyl groups is 1. The van der Waals surface area contributed by atoms with Gasteiger partial charge in [-0.25, -0.2) is 8.78 Å². The highest BCUT2D eigenvalue weighted by Crippen LogP contribution is 2.40. The summed E-state index contributed by atoms with van der Waals surface area (Å²) in [5.74, 6) is -1.27. The maximum atomic E-state index is 13.9. The van der Waals surface area contributed by atoms with E-state index in [2.05, 4.69) is 0 Å². The zero-order valence-electron chi connectivity index (χ0n) is 8.46. The minimum absolute atomic E-state index is 0.0335. The zero-order chi connectivity index (χ0) is 11.3. The molecule has 0 aliphatic heterocycles. The molecule has 0 amide bonds. The molecule has 0 spiro atoms. The lowest BCUT2D eigenvalue weighted by atomic mass is 10.0. The van der Waals surface area contributed by atoms with Gasteiger partial charge in [-0.05, 0) is 18.9 Å². The Morgan fingerprint density at radius 2 is 2.12 bits per heavy atom. The summed E-state index contributed by atoms with van der Waals surface area (Å²) >= 11 is 0. The predicted octanol–water partition coefficient (Wildman–Crippen LogP) is 2.78. The fraction of sp³-hybridized carbons (Fsp3) is 0.333. The first-order valence-corrected chi connectivity index (χ1v) is 5.15. The standard InChI is InChI=1S/C12H10F2O2/c13-9-5-10-7(1-4-16-10)11(14)8(9)6-12(15)2-3-12/h1,4-5,15H,2-3,6H2. The summed E-state index contributed by atoms with van der Waals surface area (Å²) in [6.45, 7) is 0. The highest BCUT2D eigenvalue weighted by atomic mass is 19.1. The van der Waals surface area contributed by atoms with Crippen LogP contribution in [0.1, 0.15) is 18.4 Å². The Morgan fingerprint density at radius 3 is 2.81 bits per heavy atom. The SMILES string of the molecule is OC1(Cc2c(F)cc3occc3c2F)CC1. The number of halogens is 2. The maximum absolute atomic E-state index is 13.9. The van der Waals surface area contributed by atoms with Gasteiger partial charge in [0.1, 0.15) is 17.2 Å². The van der Waals surface area contributed by atoms with Gasteiger partial charge < -0.3 is 9.52 Å². The molecular formula is C12H10F2O2. The Balaban J connectivity index is 2.14. The van der Waals surface area contributed by atoms with Crippen LogP contribution in [0.5, 0.6) is 0 Å². The van der Waals surface area contributed by atoms with Crippen molar-refractivity contribution in [2.75, 3.05) is 0 Å². The molecule has 1 aliphatic rings. The number of benzene rings is 1. The van der Waals surface area contributed by atoms with E-state index in [9.17, 15) is 13.9 Å². The van der Waals surface area contributed by atoms with Gasteiger partial charge in [0.2, 0.25) is 0 Å². The van der Waals surface area contributed by atoms with Crippen LogP contribution in [0.2, 0.25) is 0 Å². The molecule has 1 saturated carbocycles. The smallest absolute Gasteiger partial charge is 0.140 e. The third kappa shape index (κ3) is 1.41. The molecule has 16 heavy (non-hydrogen) atoms. The van der Waals surface area contributed by atoms with Crippen molar-refractivity contribution in [1.29, 1.82) is 0 Å². The highest BCUT2D eigenvalue weighted by Gasteiger charge is 2.41. The molecule has 0 radical (unpaired) electrons. The third-order valence-electron chi connectivity index (χ3n) is 3.08. The summed E-state index contributed by atoms with van der Waals surface area (Å²) in [5.41, 5.74) is -0.755. The quantitative estimate of drug-likeness (QED) is 0.850. The summed E-state index contributed by atoms with van der Waals surface area (Å²) < 4.78 is 32.5. The molecule has 1 aromatic carbocycles. The normalized spacial score (nSPS) is 17.9. The number of furan rings is 1. The fourth-order valence-corrected chi connectivity index (χ4v) is 1.90. The van der Waals surface area contributed by atoms with Crippen LogP contribution in [0.3, 0.4) is 0 Å². The molecule has 1 aromatic heterocycles. The number of hydrogen-bond donors (Lipinski definition) is 1. The Hall–Kier alpha value is -1.42. The Morgan fingerprint density at radius 1 is 1.38 bits per heavy atom. The lowest BCUT2D eigenvalue weighted by Gasteiger charge is -2.09. The number of hydrogen-bond acceptors (Lipinski definition) is 2. The van der Waals surface area contributed by atoms with Gasteiger partial charge in [0.15, 0.2) is 0 Å². The van der Waals surface area contributed by atoms with Crippen molar-refractivity contribution in [3.8, 4) is 0 Å². The van der Waals surface area contributed by atoms with E-state index in [-0.39, 0.29) is 23.0 Å². The molecular weight excluding hydrogens is 214 g/mol. The van der Waals surface area contributed by atoms with Gasteiger partial charge in [-0.3, -0.25) is 0 Å². The molecule has 2 nitrogen and oxygen atoms in total. The van der Waals surface area contributed by atoms with Crippen molar-refractivity contribution in [3.63, 3.8) is 0 Å². The van der Waals surface area contributed by atoms with Crippen LogP contribution < -0.4 is 0 Å². The van der Waals surface area contributed by atoms with Crippen LogP contribution in [-0.2, 0) is 6.42 Å². The van der Waals surface area contributed by atoms with Gasteiger partial charge in [0.25, 0.3) is 0 Å². The van der Waals surface area contributed by atoms with E-state index in [0.717, 1.165) is 0 Å². The second-order valence-corrected chi connectivity index (χ2v) is 4.38. The van der Waals surface area contributed by atoms with Crippen LogP contribution >= 0.6 is 0 Å². The number of rotatable bonds is 2. The first-order valence-electron chi connectivity index (χ1n) is 5.15. The molecule has 0 saturated heterocycles. The van der Waals surface area contributed by atoms with Crippen molar-refractivity contribution in [2.24, 2.45) is 0 Å². The summed E-state index contributed by atoms with van der Waals surface area (Å²) in [6.07, 6.45) is 2.57. The molecule has 0 bridgehead atoms. The van der Waals surface area contributed by atoms with Gasteiger partial charge in [-0.15, -0.1) is 0 Å². The lowest BCUT2D eigenvalue weighted by Crippen LogP contribution is -2.13. The van der Waals surface area contributed by atoms with Gasteiger partial charge in [0, 0.05) is 18.1 Å². The molecule has 4 heteroatoms. The molecule has 0 atom stereocenters. The summed E-state index contributed by atoms with van der Waals surface area (Å²) in [7, 11) is 0. The van der Waals surface area contributed by atoms with Crippen molar-refractivity contribution < 1.29 is 18.3 Å². The second kappa shape index (κ2) is 3.04. The molecule has 1 heterocycles. The molecule has 1 aliphatic carbocycles. The first-order chi connectivity index (χ1) is 7.59. The van der Waals surface area contributed by atoms with Crippen LogP contribution in [0.25, 0.3) is 11.0 Å². The average molecular weight is 224 g/mol. The van der Waals surface area contributed by atoms with Crippen LogP contribution in [0.4, 0.5) is 8.78 Å². The number of fused-ring (bicyclic) bond motifs is 1. The van der Waals surface area contributed by atoms with E-state index in [4.69, 9.17) is 4.42 Å². The van der Waals surface area contributed by atoms with Gasteiger partial charge in [-0.2, -0.15) is 0 Å². The van der Waals surface area contributed by atoms with Crippen molar-refractivity contribution in [3.05, 3.63) is 35.6 Å². The minimum atomic E-state index is -0.904. The fourth-order valence-electron chi connectivity index (χ4n) is 1.90. The van der Waals surface area contributed by atoms with E-state index in [1.807, 2.05) is 0 Å². The van der Waals surface area contributed by atoms with Gasteiger partial charge >= 0.3 is 0 Å². The minimum Gasteiger partial charge on any atom is -0.464 e. The molecule has 3 rings (SSSR count). The summed E-state index contributed by atoms with van der Waals surface area (Å²) in [5, 5.41) is 9.96. The van der Waals surface area contributed by atoms with E-state index >= 15 is 0 Å². The first kappa shape index (κ1) is 9.78. The average Bonchev–Trinajstić information content (AvgIpc) is 2.77. The van der Waals surface area contributed by atoms with Crippen molar-refractivity contribution >= 4 is 11.0 Å². The van der Waals surface area contributed by atoms with Crippen LogP contribution in [-0.4, -0.2) is 10.7 Å². The largest absolute Gasteiger partial charge is 0.464 e. The topological polar surface area (TPSA) is 33.4 Å². The summed E-state index contributed by atoms with van der Waals surface area (Å²) in [4.78, 5) is 0. The second-order valence-electron chi connectivity index (χ2n) is 4.38. The zero-order valence-corrected chi connectivity index (χ0v) is 8.46. The molecule has 84 valence electrons. The Bertz CT molecular complexity index is 555. The maximum Gasteiger partial charge on any atom is 0.140 e. The molecule has 1 fully saturated rings. The molecule has 2 aromatic rings. The van der Waals surface area contributed by atoms with Crippen molar-refractivity contribution in [1.82, 2.24) is 0 Å². The Kier molecular flexibility index (Phi) is 1.86. The summed E-state index contributed by atoms with van der Waals surface area (Å²) in [6, 6.07) is 2.63. The van der Waals surface area contributed by atoms with Crippen LogP contribution in [0.15, 0.2) is 22.8 Å². The van der Waals surface area contributed by atoms with Crippen molar-refractivity contribution in [2.45, 2.75) is 24.9 Å². The van der Waals surface area contributed by atoms with E-state index in [1.165, 1.54) is 18.4 Å². The molecule has 1 N–H and O–H groups in total. The monoisotopic (exact) mass is 224 g/mol. The van der Waals surface area contributed by atoms with E-state index in [0.29, 0.717) is 12.8 Å². The van der Waals surface area contributed by atoms with E-state index in [1.54, 1.807) is 0 Å². The molecule has 0 unspecified atom stereocenters. The lowest BCUT2D eigenvalue weighted by molar-refractivity contribution is 0.148. The van der Waals surface area contributed by atoms with Crippen LogP contribution in [0, 0.1) is 11.6 Å². The van der Waals surface area contributed by atoms with E-state index < -0.39 is 17.2 Å². The highest BCUT2D eigenvalue weighted by molar-refractivity contribution is 5.78. The third-order valence-corrected chi connectivity index (χ3v) is 3.08. The van der Waals surface area contributed by atoms with Gasteiger partial charge in [-0.1, -0.05) is 0 Å². The predicted molar refractivity (Wildman–Crippen MR) is 54.0 cm³/mol. The van der Waals surface area contributed by atoms with Gasteiger partial charge in [0.05, 0.1) is 17.3 Å².